The van der Waals surface area contributed by atoms with Crippen molar-refractivity contribution in [3.8, 4) is 0 Å². The van der Waals surface area contributed by atoms with Crippen molar-refractivity contribution in [2.75, 3.05) is 13.2 Å². The van der Waals surface area contributed by atoms with Crippen molar-refractivity contribution in [1.82, 2.24) is 0 Å². The van der Waals surface area contributed by atoms with Crippen LogP contribution < -0.4 is 0 Å². The molecule has 1 aromatic rings. The third-order valence-electron chi connectivity index (χ3n) is 2.81. The van der Waals surface area contributed by atoms with Crippen molar-refractivity contribution in [3.63, 3.8) is 0 Å². The van der Waals surface area contributed by atoms with Gasteiger partial charge in [-0.3, -0.25) is 10.1 Å². The molecular weight excluding hydrogens is 241 g/mol. The second-order valence-corrected chi connectivity index (χ2v) is 4.19. The Kier molecular flexibility index (Phi) is 4.22. The number of hydrogen-bond acceptors (Lipinski definition) is 4. The van der Waals surface area contributed by atoms with Crippen molar-refractivity contribution in [2.45, 2.75) is 25.6 Å². The molecule has 18 heavy (non-hydrogen) atoms. The summed E-state index contributed by atoms with van der Waals surface area (Å²) in [6.07, 6.45) is 2.14. The largest absolute Gasteiger partial charge is 0.376 e. The van der Waals surface area contributed by atoms with Crippen LogP contribution in [0.4, 0.5) is 10.1 Å². The lowest BCUT2D eigenvalue weighted by molar-refractivity contribution is -0.387. The Morgan fingerprint density at radius 1 is 1.56 bits per heavy atom. The molecule has 0 bridgehead atoms. The van der Waals surface area contributed by atoms with E-state index in [1.165, 1.54) is 6.07 Å². The van der Waals surface area contributed by atoms with E-state index in [0.717, 1.165) is 31.6 Å². The Bertz CT molecular complexity index is 432. The number of hydrogen-bond donors (Lipinski definition) is 0. The van der Waals surface area contributed by atoms with Gasteiger partial charge >= 0.3 is 5.69 Å². The van der Waals surface area contributed by atoms with Crippen molar-refractivity contribution in [1.29, 1.82) is 0 Å². The van der Waals surface area contributed by atoms with Gasteiger partial charge in [-0.05, 0) is 30.5 Å². The van der Waals surface area contributed by atoms with Crippen molar-refractivity contribution >= 4 is 5.69 Å². The predicted octanol–water partition coefficient (Wildman–Crippen LogP) is 2.43. The maximum atomic E-state index is 13.3. The van der Waals surface area contributed by atoms with Gasteiger partial charge in [0.15, 0.2) is 0 Å². The fraction of sp³-hybridized carbons (Fsp3) is 0.500. The third kappa shape index (κ3) is 3.24. The zero-order valence-corrected chi connectivity index (χ0v) is 9.80. The normalized spacial score (nSPS) is 19.1. The Labute approximate surface area is 104 Å². The first kappa shape index (κ1) is 12.9. The lowest BCUT2D eigenvalue weighted by Gasteiger charge is -2.10. The molecule has 1 aromatic carbocycles. The lowest BCUT2D eigenvalue weighted by atomic mass is 10.2. The third-order valence-corrected chi connectivity index (χ3v) is 2.81. The van der Waals surface area contributed by atoms with Gasteiger partial charge in [0.25, 0.3) is 0 Å². The number of benzene rings is 1. The fourth-order valence-corrected chi connectivity index (χ4v) is 1.87. The van der Waals surface area contributed by atoms with Gasteiger partial charge in [-0.1, -0.05) is 0 Å². The van der Waals surface area contributed by atoms with Gasteiger partial charge < -0.3 is 9.47 Å². The van der Waals surface area contributed by atoms with Crippen LogP contribution in [-0.4, -0.2) is 24.2 Å². The minimum Gasteiger partial charge on any atom is -0.376 e. The van der Waals surface area contributed by atoms with Crippen LogP contribution in [0.15, 0.2) is 18.2 Å². The standard InChI is InChI=1S/C12H14FNO4/c13-11-6-9(3-4-12(11)14(15)16)7-17-8-10-2-1-5-18-10/h3-4,6,10H,1-2,5,7-8H2. The summed E-state index contributed by atoms with van der Waals surface area (Å²) < 4.78 is 24.1. The summed E-state index contributed by atoms with van der Waals surface area (Å²) in [4.78, 5) is 9.70. The molecule has 1 saturated heterocycles. The van der Waals surface area contributed by atoms with E-state index in [-0.39, 0.29) is 12.7 Å². The first-order valence-corrected chi connectivity index (χ1v) is 5.79. The molecule has 1 aliphatic heterocycles. The highest BCUT2D eigenvalue weighted by Crippen LogP contribution is 2.19. The van der Waals surface area contributed by atoms with E-state index >= 15 is 0 Å². The molecule has 0 saturated carbocycles. The van der Waals surface area contributed by atoms with Crippen LogP contribution in [0.5, 0.6) is 0 Å². The molecule has 6 heteroatoms. The van der Waals surface area contributed by atoms with Gasteiger partial charge in [-0.25, -0.2) is 0 Å². The minimum atomic E-state index is -0.835. The Morgan fingerprint density at radius 3 is 3.00 bits per heavy atom. The zero-order chi connectivity index (χ0) is 13.0. The van der Waals surface area contributed by atoms with Gasteiger partial charge in [-0.15, -0.1) is 0 Å². The van der Waals surface area contributed by atoms with Gasteiger partial charge in [0.1, 0.15) is 0 Å². The quantitative estimate of drug-likeness (QED) is 0.598. The summed E-state index contributed by atoms with van der Waals surface area (Å²) in [6, 6.07) is 3.78. The molecular formula is C12H14FNO4. The highest BCUT2D eigenvalue weighted by atomic mass is 19.1. The average molecular weight is 255 g/mol. The van der Waals surface area contributed by atoms with E-state index < -0.39 is 16.4 Å². The van der Waals surface area contributed by atoms with Crippen LogP contribution >= 0.6 is 0 Å². The Morgan fingerprint density at radius 2 is 2.39 bits per heavy atom. The number of nitro benzene ring substituents is 1. The SMILES string of the molecule is O=[N+]([O-])c1ccc(COCC2CCCO2)cc1F. The monoisotopic (exact) mass is 255 g/mol. The van der Waals surface area contributed by atoms with Crippen LogP contribution in [0.2, 0.25) is 0 Å². The van der Waals surface area contributed by atoms with E-state index in [4.69, 9.17) is 9.47 Å². The lowest BCUT2D eigenvalue weighted by Crippen LogP contribution is -2.13. The molecule has 5 nitrogen and oxygen atoms in total. The van der Waals surface area contributed by atoms with E-state index in [0.29, 0.717) is 12.2 Å². The van der Waals surface area contributed by atoms with Crippen molar-refractivity contribution in [3.05, 3.63) is 39.7 Å². The maximum absolute atomic E-state index is 13.3. The van der Waals surface area contributed by atoms with Gasteiger partial charge in [0, 0.05) is 12.7 Å². The molecule has 2 rings (SSSR count). The number of nitro groups is 1. The summed E-state index contributed by atoms with van der Waals surface area (Å²) in [5.74, 6) is -0.835. The molecule has 0 spiro atoms. The van der Waals surface area contributed by atoms with E-state index in [1.54, 1.807) is 0 Å². The fourth-order valence-electron chi connectivity index (χ4n) is 1.87. The van der Waals surface area contributed by atoms with Crippen LogP contribution in [0.25, 0.3) is 0 Å². The number of halogens is 1. The summed E-state index contributed by atoms with van der Waals surface area (Å²) in [5, 5.41) is 10.4. The molecule has 1 aliphatic rings. The number of ether oxygens (including phenoxy) is 2. The number of nitrogens with zero attached hydrogens (tertiary/aromatic N) is 1. The minimum absolute atomic E-state index is 0.118. The molecule has 1 atom stereocenters. The van der Waals surface area contributed by atoms with Crippen molar-refractivity contribution in [2.24, 2.45) is 0 Å². The van der Waals surface area contributed by atoms with Crippen LogP contribution in [0, 0.1) is 15.9 Å². The summed E-state index contributed by atoms with van der Waals surface area (Å²) in [7, 11) is 0. The van der Waals surface area contributed by atoms with Crippen LogP contribution in [0.3, 0.4) is 0 Å². The molecule has 1 heterocycles. The highest BCUT2D eigenvalue weighted by molar-refractivity contribution is 5.34. The van der Waals surface area contributed by atoms with Crippen LogP contribution in [0.1, 0.15) is 18.4 Å². The first-order chi connectivity index (χ1) is 8.66. The van der Waals surface area contributed by atoms with E-state index in [2.05, 4.69) is 0 Å². The zero-order valence-electron chi connectivity index (χ0n) is 9.80. The Hall–Kier alpha value is -1.53. The molecule has 0 N–H and O–H groups in total. The van der Waals surface area contributed by atoms with Gasteiger partial charge in [0.2, 0.25) is 5.82 Å². The topological polar surface area (TPSA) is 61.6 Å². The summed E-state index contributed by atoms with van der Waals surface area (Å²) >= 11 is 0. The molecule has 0 radical (unpaired) electrons. The molecule has 1 unspecified atom stereocenters. The second-order valence-electron chi connectivity index (χ2n) is 4.19. The molecule has 0 aliphatic carbocycles. The van der Waals surface area contributed by atoms with Gasteiger partial charge in [0.05, 0.1) is 24.2 Å². The van der Waals surface area contributed by atoms with Crippen LogP contribution in [-0.2, 0) is 16.1 Å². The molecule has 0 amide bonds. The molecule has 98 valence electrons. The Balaban J connectivity index is 1.85. The van der Waals surface area contributed by atoms with E-state index in [1.807, 2.05) is 0 Å². The molecule has 0 aromatic heterocycles. The summed E-state index contributed by atoms with van der Waals surface area (Å²) in [6.45, 7) is 1.47. The van der Waals surface area contributed by atoms with Crippen molar-refractivity contribution < 1.29 is 18.8 Å². The highest BCUT2D eigenvalue weighted by Gasteiger charge is 2.16. The first-order valence-electron chi connectivity index (χ1n) is 5.79. The smallest absolute Gasteiger partial charge is 0.304 e. The second kappa shape index (κ2) is 5.88. The van der Waals surface area contributed by atoms with Gasteiger partial charge in [-0.2, -0.15) is 4.39 Å². The van der Waals surface area contributed by atoms with E-state index in [9.17, 15) is 14.5 Å². The predicted molar refractivity (Wildman–Crippen MR) is 61.7 cm³/mol. The maximum Gasteiger partial charge on any atom is 0.304 e. The number of rotatable bonds is 5. The molecule has 1 fully saturated rings. The average Bonchev–Trinajstić information content (AvgIpc) is 2.81. The summed E-state index contributed by atoms with van der Waals surface area (Å²) in [5.41, 5.74) is 0.0639.